The Kier molecular flexibility index (Phi) is 4.88. The highest BCUT2D eigenvalue weighted by atomic mass is 32.1. The van der Waals surface area contributed by atoms with Crippen molar-refractivity contribution in [3.05, 3.63) is 57.2 Å². The molecule has 0 aliphatic carbocycles. The molecule has 2 heterocycles. The Labute approximate surface area is 144 Å². The van der Waals surface area contributed by atoms with E-state index in [9.17, 15) is 4.79 Å². The standard InChI is InChI=1S/C18H18N2OS2/c1-3-13-7-4-5-8-14(13)20-17(21)11-16-18(19-12(2)23-16)15-9-6-10-22-15/h4-10H,3,11H2,1-2H3,(H,20,21). The summed E-state index contributed by atoms with van der Waals surface area (Å²) in [5.41, 5.74) is 3.00. The molecule has 1 aromatic carbocycles. The third-order valence-corrected chi connectivity index (χ3v) is 5.40. The molecule has 5 heteroatoms. The van der Waals surface area contributed by atoms with E-state index in [-0.39, 0.29) is 5.91 Å². The average Bonchev–Trinajstić information content (AvgIpc) is 3.17. The van der Waals surface area contributed by atoms with Gasteiger partial charge in [-0.3, -0.25) is 4.79 Å². The van der Waals surface area contributed by atoms with Gasteiger partial charge in [0, 0.05) is 10.6 Å². The first kappa shape index (κ1) is 15.9. The number of rotatable bonds is 5. The van der Waals surface area contributed by atoms with E-state index in [1.807, 2.05) is 48.7 Å². The van der Waals surface area contributed by atoms with Crippen LogP contribution in [0.1, 0.15) is 22.4 Å². The lowest BCUT2D eigenvalue weighted by Gasteiger charge is -2.09. The second-order valence-electron chi connectivity index (χ2n) is 5.22. The summed E-state index contributed by atoms with van der Waals surface area (Å²) in [4.78, 5) is 19.2. The maximum atomic E-state index is 12.5. The SMILES string of the molecule is CCc1ccccc1NC(=O)Cc1sc(C)nc1-c1cccs1. The molecule has 23 heavy (non-hydrogen) atoms. The molecule has 3 rings (SSSR count). The van der Waals surface area contributed by atoms with E-state index in [4.69, 9.17) is 0 Å². The molecule has 0 saturated heterocycles. The minimum atomic E-state index is 0.00681. The van der Waals surface area contributed by atoms with Crippen LogP contribution in [0.5, 0.6) is 0 Å². The van der Waals surface area contributed by atoms with Crippen LogP contribution in [0.25, 0.3) is 10.6 Å². The van der Waals surface area contributed by atoms with Crippen LogP contribution in [-0.4, -0.2) is 10.9 Å². The summed E-state index contributed by atoms with van der Waals surface area (Å²) < 4.78 is 0. The number of anilines is 1. The predicted molar refractivity (Wildman–Crippen MR) is 98.3 cm³/mol. The van der Waals surface area contributed by atoms with Crippen molar-refractivity contribution in [2.45, 2.75) is 26.7 Å². The van der Waals surface area contributed by atoms with Gasteiger partial charge < -0.3 is 5.32 Å². The number of thiazole rings is 1. The lowest BCUT2D eigenvalue weighted by molar-refractivity contribution is -0.115. The van der Waals surface area contributed by atoms with Gasteiger partial charge in [-0.05, 0) is 36.4 Å². The fraction of sp³-hybridized carbons (Fsp3) is 0.222. The highest BCUT2D eigenvalue weighted by molar-refractivity contribution is 7.15. The van der Waals surface area contributed by atoms with E-state index in [0.717, 1.165) is 38.1 Å². The number of para-hydroxylation sites is 1. The molecule has 0 atom stereocenters. The summed E-state index contributed by atoms with van der Waals surface area (Å²) in [6, 6.07) is 12.0. The quantitative estimate of drug-likeness (QED) is 0.715. The number of nitrogens with zero attached hydrogens (tertiary/aromatic N) is 1. The number of carbonyl (C=O) groups is 1. The van der Waals surface area contributed by atoms with Gasteiger partial charge in [0.05, 0.1) is 22.0 Å². The monoisotopic (exact) mass is 342 g/mol. The molecule has 0 unspecified atom stereocenters. The Hall–Kier alpha value is -1.98. The van der Waals surface area contributed by atoms with Gasteiger partial charge >= 0.3 is 0 Å². The summed E-state index contributed by atoms with van der Waals surface area (Å²) in [7, 11) is 0. The van der Waals surface area contributed by atoms with E-state index >= 15 is 0 Å². The maximum Gasteiger partial charge on any atom is 0.229 e. The number of hydrogen-bond acceptors (Lipinski definition) is 4. The Morgan fingerprint density at radius 1 is 1.22 bits per heavy atom. The molecule has 0 fully saturated rings. The molecular weight excluding hydrogens is 324 g/mol. The second-order valence-corrected chi connectivity index (χ2v) is 7.45. The topological polar surface area (TPSA) is 42.0 Å². The zero-order valence-electron chi connectivity index (χ0n) is 13.1. The van der Waals surface area contributed by atoms with E-state index in [1.54, 1.807) is 22.7 Å². The van der Waals surface area contributed by atoms with Crippen LogP contribution in [0.15, 0.2) is 41.8 Å². The summed E-state index contributed by atoms with van der Waals surface area (Å²) in [5.74, 6) is 0.00681. The smallest absolute Gasteiger partial charge is 0.229 e. The van der Waals surface area contributed by atoms with Gasteiger partial charge in [-0.2, -0.15) is 0 Å². The minimum Gasteiger partial charge on any atom is -0.326 e. The van der Waals surface area contributed by atoms with Gasteiger partial charge in [0.25, 0.3) is 0 Å². The first-order chi connectivity index (χ1) is 11.2. The second kappa shape index (κ2) is 7.06. The Morgan fingerprint density at radius 3 is 2.78 bits per heavy atom. The molecule has 3 nitrogen and oxygen atoms in total. The first-order valence-corrected chi connectivity index (χ1v) is 9.25. The maximum absolute atomic E-state index is 12.5. The highest BCUT2D eigenvalue weighted by Crippen LogP contribution is 2.31. The van der Waals surface area contributed by atoms with Crippen molar-refractivity contribution in [2.24, 2.45) is 0 Å². The highest BCUT2D eigenvalue weighted by Gasteiger charge is 2.16. The molecule has 3 aromatic rings. The lowest BCUT2D eigenvalue weighted by Crippen LogP contribution is -2.15. The molecule has 118 valence electrons. The van der Waals surface area contributed by atoms with E-state index in [2.05, 4.69) is 17.2 Å². The summed E-state index contributed by atoms with van der Waals surface area (Å²) in [5, 5.41) is 6.06. The Morgan fingerprint density at radius 2 is 2.04 bits per heavy atom. The number of carbonyl (C=O) groups excluding carboxylic acids is 1. The predicted octanol–water partition coefficient (Wildman–Crippen LogP) is 4.92. The van der Waals surface area contributed by atoms with Gasteiger partial charge in [0.15, 0.2) is 0 Å². The van der Waals surface area contributed by atoms with Crippen LogP contribution in [-0.2, 0) is 17.6 Å². The third-order valence-electron chi connectivity index (χ3n) is 3.55. The van der Waals surface area contributed by atoms with E-state index in [1.165, 1.54) is 0 Å². The summed E-state index contributed by atoms with van der Waals surface area (Å²) >= 11 is 3.25. The van der Waals surface area contributed by atoms with Crippen molar-refractivity contribution in [1.82, 2.24) is 4.98 Å². The van der Waals surface area contributed by atoms with Crippen molar-refractivity contribution < 1.29 is 4.79 Å². The minimum absolute atomic E-state index is 0.00681. The van der Waals surface area contributed by atoms with E-state index in [0.29, 0.717) is 6.42 Å². The molecular formula is C18H18N2OS2. The van der Waals surface area contributed by atoms with Gasteiger partial charge in [0.1, 0.15) is 0 Å². The van der Waals surface area contributed by atoms with Crippen LogP contribution < -0.4 is 5.32 Å². The van der Waals surface area contributed by atoms with Gasteiger partial charge in [0.2, 0.25) is 5.91 Å². The Bertz CT molecular complexity index is 806. The fourth-order valence-electron chi connectivity index (χ4n) is 2.49. The average molecular weight is 342 g/mol. The number of nitrogens with one attached hydrogen (secondary N) is 1. The summed E-state index contributed by atoms with van der Waals surface area (Å²) in [6.45, 7) is 4.07. The van der Waals surface area contributed by atoms with Crippen LogP contribution in [0.3, 0.4) is 0 Å². The molecule has 1 N–H and O–H groups in total. The number of aromatic nitrogens is 1. The van der Waals surface area contributed by atoms with Crippen molar-refractivity contribution in [2.75, 3.05) is 5.32 Å². The molecule has 0 aliphatic heterocycles. The van der Waals surface area contributed by atoms with Crippen LogP contribution in [0, 0.1) is 6.92 Å². The van der Waals surface area contributed by atoms with Gasteiger partial charge in [-0.1, -0.05) is 31.2 Å². The molecule has 2 aromatic heterocycles. The van der Waals surface area contributed by atoms with Gasteiger partial charge in [-0.15, -0.1) is 22.7 Å². The molecule has 0 radical (unpaired) electrons. The van der Waals surface area contributed by atoms with E-state index < -0.39 is 0 Å². The number of thiophene rings is 1. The zero-order chi connectivity index (χ0) is 16.2. The third kappa shape index (κ3) is 3.68. The number of hydrogen-bond donors (Lipinski definition) is 1. The van der Waals surface area contributed by atoms with Gasteiger partial charge in [-0.25, -0.2) is 4.98 Å². The lowest BCUT2D eigenvalue weighted by atomic mass is 10.1. The molecule has 0 bridgehead atoms. The molecule has 0 aliphatic rings. The first-order valence-electron chi connectivity index (χ1n) is 7.55. The van der Waals surface area contributed by atoms with Crippen molar-refractivity contribution in [3.63, 3.8) is 0 Å². The molecule has 0 saturated carbocycles. The molecule has 1 amide bonds. The normalized spacial score (nSPS) is 10.7. The largest absolute Gasteiger partial charge is 0.326 e. The number of benzene rings is 1. The van der Waals surface area contributed by atoms with Crippen molar-refractivity contribution >= 4 is 34.3 Å². The number of aryl methyl sites for hydroxylation is 2. The number of amides is 1. The van der Waals surface area contributed by atoms with Crippen LogP contribution in [0.4, 0.5) is 5.69 Å². The fourth-order valence-corrected chi connectivity index (χ4v) is 4.24. The van der Waals surface area contributed by atoms with Crippen molar-refractivity contribution in [3.8, 4) is 10.6 Å². The van der Waals surface area contributed by atoms with Crippen LogP contribution >= 0.6 is 22.7 Å². The Balaban J connectivity index is 1.79. The molecule has 0 spiro atoms. The van der Waals surface area contributed by atoms with Crippen molar-refractivity contribution in [1.29, 1.82) is 0 Å². The summed E-state index contributed by atoms with van der Waals surface area (Å²) in [6.07, 6.45) is 1.26. The zero-order valence-corrected chi connectivity index (χ0v) is 14.8. The van der Waals surface area contributed by atoms with Crippen LogP contribution in [0.2, 0.25) is 0 Å².